The van der Waals surface area contributed by atoms with Gasteiger partial charge in [0.15, 0.2) is 0 Å². The molecule has 2 unspecified atom stereocenters. The number of benzene rings is 1. The quantitative estimate of drug-likeness (QED) is 0.692. The fourth-order valence-corrected chi connectivity index (χ4v) is 3.86. The van der Waals surface area contributed by atoms with Crippen molar-refractivity contribution in [1.29, 1.82) is 0 Å². The molecule has 0 saturated carbocycles. The third-order valence-corrected chi connectivity index (χ3v) is 5.93. The van der Waals surface area contributed by atoms with Crippen molar-refractivity contribution in [3.05, 3.63) is 26.7 Å². The molecule has 0 aromatic heterocycles. The van der Waals surface area contributed by atoms with Gasteiger partial charge >= 0.3 is 0 Å². The molecule has 0 aliphatic carbocycles. The van der Waals surface area contributed by atoms with Crippen molar-refractivity contribution < 1.29 is 0 Å². The molecule has 1 aliphatic rings. The number of hydrogen-bond acceptors (Lipinski definition) is 2. The van der Waals surface area contributed by atoms with E-state index in [4.69, 9.17) is 23.2 Å². The molecule has 1 aromatic carbocycles. The number of nitrogens with zero attached hydrogens (tertiary/aromatic N) is 1. The second-order valence-corrected chi connectivity index (χ2v) is 7.66. The topological polar surface area (TPSA) is 15.3 Å². The average Bonchev–Trinajstić information content (AvgIpc) is 2.45. The Morgan fingerprint density at radius 1 is 1.33 bits per heavy atom. The molecule has 0 spiro atoms. The van der Waals surface area contributed by atoms with Crippen LogP contribution < -0.4 is 10.2 Å². The van der Waals surface area contributed by atoms with E-state index in [1.165, 1.54) is 12.8 Å². The summed E-state index contributed by atoms with van der Waals surface area (Å²) in [5.41, 5.74) is 1.05. The largest absolute Gasteiger partial charge is 0.364 e. The SMILES string of the molecule is CCCC1CN(c2ccc(Br)c(Cl)c2Cl)C(C(C)C)CN1. The van der Waals surface area contributed by atoms with Crippen LogP contribution in [0.3, 0.4) is 0 Å². The molecule has 0 radical (unpaired) electrons. The lowest BCUT2D eigenvalue weighted by Crippen LogP contribution is -2.58. The summed E-state index contributed by atoms with van der Waals surface area (Å²) in [5.74, 6) is 0.554. The highest BCUT2D eigenvalue weighted by atomic mass is 79.9. The van der Waals surface area contributed by atoms with Gasteiger partial charge in [-0.1, -0.05) is 50.4 Å². The van der Waals surface area contributed by atoms with Crippen molar-refractivity contribution in [1.82, 2.24) is 5.32 Å². The van der Waals surface area contributed by atoms with Gasteiger partial charge in [-0.05, 0) is 40.4 Å². The highest BCUT2D eigenvalue weighted by molar-refractivity contribution is 9.10. The van der Waals surface area contributed by atoms with E-state index in [0.717, 1.165) is 23.2 Å². The van der Waals surface area contributed by atoms with Crippen molar-refractivity contribution in [2.75, 3.05) is 18.0 Å². The summed E-state index contributed by atoms with van der Waals surface area (Å²) in [7, 11) is 0. The molecule has 2 nitrogen and oxygen atoms in total. The molecule has 1 fully saturated rings. The lowest BCUT2D eigenvalue weighted by molar-refractivity contribution is 0.327. The fraction of sp³-hybridized carbons (Fsp3) is 0.625. The number of rotatable bonds is 4. The lowest BCUT2D eigenvalue weighted by Gasteiger charge is -2.44. The highest BCUT2D eigenvalue weighted by Crippen LogP contribution is 2.39. The minimum Gasteiger partial charge on any atom is -0.364 e. The van der Waals surface area contributed by atoms with Gasteiger partial charge in [0, 0.05) is 29.6 Å². The predicted octanol–water partition coefficient (Wildman–Crippen LogP) is 5.36. The molecule has 0 bridgehead atoms. The molecule has 0 amide bonds. The summed E-state index contributed by atoms with van der Waals surface area (Å²) in [6.45, 7) is 8.71. The lowest BCUT2D eigenvalue weighted by atomic mass is 9.96. The first-order chi connectivity index (χ1) is 9.95. The van der Waals surface area contributed by atoms with Crippen LogP contribution in [0.2, 0.25) is 10.0 Å². The predicted molar refractivity (Wildman–Crippen MR) is 96.8 cm³/mol. The van der Waals surface area contributed by atoms with Crippen molar-refractivity contribution >= 4 is 44.8 Å². The van der Waals surface area contributed by atoms with Crippen molar-refractivity contribution in [3.63, 3.8) is 0 Å². The molecule has 118 valence electrons. The maximum Gasteiger partial charge on any atom is 0.0837 e. The Balaban J connectivity index is 2.33. The first kappa shape index (κ1) is 17.4. The zero-order valence-electron chi connectivity index (χ0n) is 12.8. The Morgan fingerprint density at radius 2 is 2.05 bits per heavy atom. The normalized spacial score (nSPS) is 22.9. The van der Waals surface area contributed by atoms with Gasteiger partial charge < -0.3 is 10.2 Å². The average molecular weight is 394 g/mol. The first-order valence-corrected chi connectivity index (χ1v) is 9.14. The summed E-state index contributed by atoms with van der Waals surface area (Å²) in [6, 6.07) is 5.01. The Kier molecular flexibility index (Phi) is 6.25. The molecular formula is C16H23BrCl2N2. The molecule has 1 N–H and O–H groups in total. The van der Waals surface area contributed by atoms with Crippen LogP contribution in [0.25, 0.3) is 0 Å². The van der Waals surface area contributed by atoms with Crippen LogP contribution in [0.5, 0.6) is 0 Å². The van der Waals surface area contributed by atoms with Crippen molar-refractivity contribution in [2.24, 2.45) is 5.92 Å². The van der Waals surface area contributed by atoms with Gasteiger partial charge in [-0.3, -0.25) is 0 Å². The van der Waals surface area contributed by atoms with Crippen LogP contribution in [0, 0.1) is 5.92 Å². The first-order valence-electron chi connectivity index (χ1n) is 7.59. The molecule has 1 aliphatic heterocycles. The van der Waals surface area contributed by atoms with Gasteiger partial charge in [0.05, 0.1) is 15.7 Å². The second-order valence-electron chi connectivity index (χ2n) is 6.05. The van der Waals surface area contributed by atoms with Gasteiger partial charge in [-0.25, -0.2) is 0 Å². The van der Waals surface area contributed by atoms with Gasteiger partial charge in [0.2, 0.25) is 0 Å². The summed E-state index contributed by atoms with van der Waals surface area (Å²) >= 11 is 16.2. The Labute approximate surface area is 146 Å². The summed E-state index contributed by atoms with van der Waals surface area (Å²) in [4.78, 5) is 2.43. The van der Waals surface area contributed by atoms with Crippen LogP contribution >= 0.6 is 39.1 Å². The minimum atomic E-state index is 0.438. The number of halogens is 3. The van der Waals surface area contributed by atoms with Crippen molar-refractivity contribution in [2.45, 2.75) is 45.7 Å². The number of piperazine rings is 1. The Hall–Kier alpha value is 0.0400. The summed E-state index contributed by atoms with van der Waals surface area (Å²) in [5, 5.41) is 4.92. The fourth-order valence-electron chi connectivity index (χ4n) is 2.99. The Bertz CT molecular complexity index is 493. The molecule has 5 heteroatoms. The van der Waals surface area contributed by atoms with Gasteiger partial charge in [0.25, 0.3) is 0 Å². The summed E-state index contributed by atoms with van der Waals surface area (Å²) in [6.07, 6.45) is 2.37. The van der Waals surface area contributed by atoms with Crippen LogP contribution in [0.4, 0.5) is 5.69 Å². The zero-order valence-corrected chi connectivity index (χ0v) is 15.9. The molecule has 21 heavy (non-hydrogen) atoms. The molecule has 1 aromatic rings. The zero-order chi connectivity index (χ0) is 15.6. The molecule has 2 rings (SSSR count). The van der Waals surface area contributed by atoms with Crippen LogP contribution in [-0.2, 0) is 0 Å². The van der Waals surface area contributed by atoms with Gasteiger partial charge in [-0.15, -0.1) is 0 Å². The van der Waals surface area contributed by atoms with Crippen LogP contribution in [0.15, 0.2) is 16.6 Å². The van der Waals surface area contributed by atoms with E-state index in [-0.39, 0.29) is 0 Å². The minimum absolute atomic E-state index is 0.438. The smallest absolute Gasteiger partial charge is 0.0837 e. The van der Waals surface area contributed by atoms with E-state index in [0.29, 0.717) is 28.0 Å². The van der Waals surface area contributed by atoms with E-state index in [2.05, 4.69) is 53.0 Å². The monoisotopic (exact) mass is 392 g/mol. The molecule has 1 saturated heterocycles. The van der Waals surface area contributed by atoms with Crippen LogP contribution in [0.1, 0.15) is 33.6 Å². The standard InChI is InChI=1S/C16H23BrCl2N2/c1-4-5-11-9-21(14(8-20-11)10(2)3)13-7-6-12(17)15(18)16(13)19/h6-7,10-11,14,20H,4-5,8-9H2,1-3H3. The second kappa shape index (κ2) is 7.54. The van der Waals surface area contributed by atoms with Crippen LogP contribution in [-0.4, -0.2) is 25.2 Å². The maximum absolute atomic E-state index is 6.50. The third-order valence-electron chi connectivity index (χ3n) is 4.16. The molecular weight excluding hydrogens is 371 g/mol. The van der Waals surface area contributed by atoms with Gasteiger partial charge in [-0.2, -0.15) is 0 Å². The number of hydrogen-bond donors (Lipinski definition) is 1. The molecule has 2 atom stereocenters. The van der Waals surface area contributed by atoms with Crippen molar-refractivity contribution in [3.8, 4) is 0 Å². The molecule has 1 heterocycles. The summed E-state index contributed by atoms with van der Waals surface area (Å²) < 4.78 is 0.847. The van der Waals surface area contributed by atoms with Gasteiger partial charge in [0.1, 0.15) is 0 Å². The Morgan fingerprint density at radius 3 is 2.67 bits per heavy atom. The number of anilines is 1. The number of nitrogens with one attached hydrogen (secondary N) is 1. The van der Waals surface area contributed by atoms with E-state index < -0.39 is 0 Å². The van der Waals surface area contributed by atoms with E-state index in [1.54, 1.807) is 0 Å². The van der Waals surface area contributed by atoms with E-state index in [1.807, 2.05) is 6.07 Å². The third kappa shape index (κ3) is 3.87. The van der Waals surface area contributed by atoms with E-state index in [9.17, 15) is 0 Å². The highest BCUT2D eigenvalue weighted by Gasteiger charge is 2.31. The maximum atomic E-state index is 6.50. The van der Waals surface area contributed by atoms with E-state index >= 15 is 0 Å².